The number of amides is 1. The lowest BCUT2D eigenvalue weighted by Crippen LogP contribution is -2.48. The van der Waals surface area contributed by atoms with E-state index in [1.165, 1.54) is 6.20 Å². The Balaban J connectivity index is 1.73. The van der Waals surface area contributed by atoms with E-state index in [2.05, 4.69) is 34.4 Å². The van der Waals surface area contributed by atoms with Crippen LogP contribution >= 0.6 is 0 Å². The summed E-state index contributed by atoms with van der Waals surface area (Å²) < 4.78 is 1.78. The van der Waals surface area contributed by atoms with E-state index < -0.39 is 5.60 Å². The van der Waals surface area contributed by atoms with Gasteiger partial charge in [0.25, 0.3) is 5.91 Å². The third-order valence-electron chi connectivity index (χ3n) is 4.08. The zero-order valence-corrected chi connectivity index (χ0v) is 13.4. The predicted octanol–water partition coefficient (Wildman–Crippen LogP) is 0.781. The largest absolute Gasteiger partial charge is 0.382 e. The highest BCUT2D eigenvalue weighted by Crippen LogP contribution is 2.30. The number of carbonyl (C=O) groups is 1. The van der Waals surface area contributed by atoms with Crippen molar-refractivity contribution in [2.24, 2.45) is 5.92 Å². The van der Waals surface area contributed by atoms with E-state index in [1.54, 1.807) is 22.0 Å². The van der Waals surface area contributed by atoms with Crippen LogP contribution in [0, 0.1) is 5.92 Å². The van der Waals surface area contributed by atoms with Gasteiger partial charge in [-0.2, -0.15) is 20.5 Å². The van der Waals surface area contributed by atoms with Crippen LogP contribution in [0.2, 0.25) is 0 Å². The highest BCUT2D eigenvalue weighted by molar-refractivity contribution is 5.93. The molecule has 1 aliphatic rings. The molecule has 124 valence electrons. The summed E-state index contributed by atoms with van der Waals surface area (Å²) in [7, 11) is 0. The quantitative estimate of drug-likeness (QED) is 0.868. The molecule has 3 heterocycles. The van der Waals surface area contributed by atoms with Crippen molar-refractivity contribution in [3.8, 4) is 0 Å². The molecule has 1 atom stereocenters. The number of carbonyl (C=O) groups excluding carboxylic acids is 1. The van der Waals surface area contributed by atoms with E-state index in [0.29, 0.717) is 30.1 Å². The van der Waals surface area contributed by atoms with Gasteiger partial charge < -0.3 is 10.0 Å². The zero-order valence-electron chi connectivity index (χ0n) is 13.4. The highest BCUT2D eigenvalue weighted by Gasteiger charge is 2.39. The van der Waals surface area contributed by atoms with Crippen LogP contribution in [0.5, 0.6) is 0 Å². The first-order chi connectivity index (χ1) is 11.0. The normalized spacial score (nSPS) is 21.8. The summed E-state index contributed by atoms with van der Waals surface area (Å²) in [4.78, 5) is 14.3. The average molecular weight is 318 g/mol. The Labute approximate surface area is 134 Å². The molecule has 0 saturated carbocycles. The molecule has 0 bridgehead atoms. The number of nitrogens with zero attached hydrogens (tertiary/aromatic N) is 5. The van der Waals surface area contributed by atoms with Crippen molar-refractivity contribution in [2.45, 2.75) is 38.8 Å². The lowest BCUT2D eigenvalue weighted by atomic mass is 9.90. The van der Waals surface area contributed by atoms with Gasteiger partial charge in [-0.05, 0) is 18.8 Å². The Hall–Kier alpha value is -2.22. The second-order valence-electron chi connectivity index (χ2n) is 6.56. The van der Waals surface area contributed by atoms with Crippen molar-refractivity contribution in [3.63, 3.8) is 0 Å². The number of hydrogen-bond donors (Lipinski definition) is 2. The van der Waals surface area contributed by atoms with Crippen LogP contribution in [0.1, 0.15) is 42.7 Å². The summed E-state index contributed by atoms with van der Waals surface area (Å²) in [6.45, 7) is 5.82. The first-order valence-corrected chi connectivity index (χ1v) is 7.88. The van der Waals surface area contributed by atoms with Crippen LogP contribution in [0.3, 0.4) is 0 Å². The van der Waals surface area contributed by atoms with Gasteiger partial charge in [0.2, 0.25) is 0 Å². The van der Waals surface area contributed by atoms with E-state index in [0.717, 1.165) is 13.0 Å². The van der Waals surface area contributed by atoms with Gasteiger partial charge in [-0.15, -0.1) is 0 Å². The number of aromatic amines is 1. The van der Waals surface area contributed by atoms with Crippen molar-refractivity contribution < 1.29 is 9.90 Å². The molecule has 8 nitrogen and oxygen atoms in total. The summed E-state index contributed by atoms with van der Waals surface area (Å²) in [5.41, 5.74) is -0.116. The van der Waals surface area contributed by atoms with Gasteiger partial charge in [0.15, 0.2) is 0 Å². The minimum atomic E-state index is -1.14. The Morgan fingerprint density at radius 1 is 1.48 bits per heavy atom. The SMILES string of the molecule is CC(C)Cn1cc(C(=O)N2CCCC(O)(c3cn[nH]n3)C2)cn1. The number of H-pyrrole nitrogens is 1. The van der Waals surface area contributed by atoms with Crippen molar-refractivity contribution in [3.05, 3.63) is 29.8 Å². The van der Waals surface area contributed by atoms with Crippen molar-refractivity contribution in [1.82, 2.24) is 30.1 Å². The van der Waals surface area contributed by atoms with Gasteiger partial charge >= 0.3 is 0 Å². The number of aromatic nitrogens is 5. The molecule has 0 spiro atoms. The van der Waals surface area contributed by atoms with Crippen molar-refractivity contribution in [1.29, 1.82) is 0 Å². The van der Waals surface area contributed by atoms with Crippen LogP contribution < -0.4 is 0 Å². The lowest BCUT2D eigenvalue weighted by molar-refractivity contribution is -0.0320. The predicted molar refractivity (Wildman–Crippen MR) is 82.5 cm³/mol. The fourth-order valence-electron chi connectivity index (χ4n) is 2.98. The lowest BCUT2D eigenvalue weighted by Gasteiger charge is -2.37. The summed E-state index contributed by atoms with van der Waals surface area (Å²) in [5.74, 6) is 0.353. The molecule has 1 fully saturated rings. The van der Waals surface area contributed by atoms with Crippen LogP contribution in [0.15, 0.2) is 18.6 Å². The molecule has 23 heavy (non-hydrogen) atoms. The summed E-state index contributed by atoms with van der Waals surface area (Å²) in [6, 6.07) is 0. The molecule has 2 aromatic rings. The molecular formula is C15H22N6O2. The van der Waals surface area contributed by atoms with Crippen LogP contribution in [-0.2, 0) is 12.1 Å². The van der Waals surface area contributed by atoms with Crippen molar-refractivity contribution >= 4 is 5.91 Å². The molecule has 1 amide bonds. The second kappa shape index (κ2) is 6.11. The van der Waals surface area contributed by atoms with Gasteiger partial charge in [-0.1, -0.05) is 13.8 Å². The molecule has 2 N–H and O–H groups in total. The average Bonchev–Trinajstić information content (AvgIpc) is 3.17. The minimum absolute atomic E-state index is 0.110. The molecular weight excluding hydrogens is 296 g/mol. The van der Waals surface area contributed by atoms with Gasteiger partial charge in [-0.25, -0.2) is 0 Å². The molecule has 1 saturated heterocycles. The zero-order chi connectivity index (χ0) is 16.4. The molecule has 3 rings (SSSR count). The molecule has 0 aromatic carbocycles. The monoisotopic (exact) mass is 318 g/mol. The molecule has 2 aromatic heterocycles. The molecule has 0 radical (unpaired) electrons. The molecule has 8 heteroatoms. The van der Waals surface area contributed by atoms with Crippen molar-refractivity contribution in [2.75, 3.05) is 13.1 Å². The van der Waals surface area contributed by atoms with Gasteiger partial charge in [0, 0.05) is 19.3 Å². The second-order valence-corrected chi connectivity index (χ2v) is 6.56. The summed E-state index contributed by atoms with van der Waals surface area (Å²) in [5, 5.41) is 25.3. The number of rotatable bonds is 4. The van der Waals surface area contributed by atoms with E-state index in [-0.39, 0.29) is 12.5 Å². The van der Waals surface area contributed by atoms with Gasteiger partial charge in [0.05, 0.1) is 24.5 Å². The first kappa shape index (κ1) is 15.7. The smallest absolute Gasteiger partial charge is 0.257 e. The number of nitrogens with one attached hydrogen (secondary N) is 1. The maximum Gasteiger partial charge on any atom is 0.257 e. The number of piperidine rings is 1. The number of hydrogen-bond acceptors (Lipinski definition) is 5. The Kier molecular flexibility index (Phi) is 4.16. The number of β-amino-alcohol motifs (C(OH)–C–C–N with tert-alkyl or cyclic N) is 1. The maximum atomic E-state index is 12.7. The maximum absolute atomic E-state index is 12.7. The first-order valence-electron chi connectivity index (χ1n) is 7.88. The third kappa shape index (κ3) is 3.26. The Morgan fingerprint density at radius 2 is 2.30 bits per heavy atom. The minimum Gasteiger partial charge on any atom is -0.382 e. The summed E-state index contributed by atoms with van der Waals surface area (Å²) in [6.07, 6.45) is 6.15. The third-order valence-corrected chi connectivity index (χ3v) is 4.08. The van der Waals surface area contributed by atoms with E-state index in [4.69, 9.17) is 0 Å². The van der Waals surface area contributed by atoms with Crippen LogP contribution in [0.4, 0.5) is 0 Å². The fourth-order valence-corrected chi connectivity index (χ4v) is 2.98. The van der Waals surface area contributed by atoms with E-state index >= 15 is 0 Å². The number of likely N-dealkylation sites (tertiary alicyclic amines) is 1. The van der Waals surface area contributed by atoms with Gasteiger partial charge in [0.1, 0.15) is 11.3 Å². The topological polar surface area (TPSA) is 99.9 Å². The van der Waals surface area contributed by atoms with E-state index in [9.17, 15) is 9.90 Å². The fraction of sp³-hybridized carbons (Fsp3) is 0.600. The standard InChI is InChI=1S/C15H22N6O2/c1-11(2)8-21-9-12(6-17-21)14(22)20-5-3-4-15(23,10-20)13-7-16-19-18-13/h6-7,9,11,23H,3-5,8,10H2,1-2H3,(H,16,18,19). The van der Waals surface area contributed by atoms with E-state index in [1.807, 2.05) is 0 Å². The van der Waals surface area contributed by atoms with Crippen LogP contribution in [0.25, 0.3) is 0 Å². The molecule has 0 aliphatic carbocycles. The van der Waals surface area contributed by atoms with Crippen LogP contribution in [-0.4, -0.2) is 54.2 Å². The molecule has 1 unspecified atom stereocenters. The van der Waals surface area contributed by atoms with Gasteiger partial charge in [-0.3, -0.25) is 9.48 Å². The highest BCUT2D eigenvalue weighted by atomic mass is 16.3. The summed E-state index contributed by atoms with van der Waals surface area (Å²) >= 11 is 0. The molecule has 1 aliphatic heterocycles. The number of aliphatic hydroxyl groups is 1. The Morgan fingerprint density at radius 3 is 3.00 bits per heavy atom. The Bertz CT molecular complexity index is 665.